The minimum atomic E-state index is -0.183. The van der Waals surface area contributed by atoms with Gasteiger partial charge in [-0.05, 0) is 32.6 Å². The highest BCUT2D eigenvalue weighted by Gasteiger charge is 2.30. The fourth-order valence-corrected chi connectivity index (χ4v) is 2.99. The summed E-state index contributed by atoms with van der Waals surface area (Å²) in [7, 11) is 0. The van der Waals surface area contributed by atoms with Crippen molar-refractivity contribution in [2.75, 3.05) is 19.7 Å². The molecule has 120 valence electrons. The highest BCUT2D eigenvalue weighted by Crippen LogP contribution is 2.26. The molecule has 2 fully saturated rings. The quantitative estimate of drug-likeness (QED) is 0.695. The third-order valence-electron chi connectivity index (χ3n) is 4.30. The van der Waals surface area contributed by atoms with Crippen molar-refractivity contribution < 1.29 is 14.3 Å². The summed E-state index contributed by atoms with van der Waals surface area (Å²) in [6.07, 6.45) is 8.70. The number of carbonyl (C=O) groups excluding carboxylic acids is 2. The zero-order chi connectivity index (χ0) is 15.1. The number of nitrogens with one attached hydrogen (secondary N) is 1. The molecule has 0 aromatic carbocycles. The normalized spacial score (nSPS) is 19.5. The van der Waals surface area contributed by atoms with Crippen molar-refractivity contribution in [1.82, 2.24) is 10.2 Å². The van der Waals surface area contributed by atoms with E-state index in [0.717, 1.165) is 25.7 Å². The summed E-state index contributed by atoms with van der Waals surface area (Å²) >= 11 is 0. The average molecular weight is 296 g/mol. The van der Waals surface area contributed by atoms with E-state index in [0.29, 0.717) is 38.2 Å². The average Bonchev–Trinajstić information content (AvgIpc) is 3.29. The third kappa shape index (κ3) is 6.04. The standard InChI is InChI=1S/C16H28N2O3/c1-2-21-16(20)12-18(14-8-9-14)11-10-15(19)17-13-6-4-3-5-7-13/h13-14H,2-12H2,1H3,(H,17,19). The lowest BCUT2D eigenvalue weighted by Crippen LogP contribution is -2.40. The van der Waals surface area contributed by atoms with Crippen molar-refractivity contribution in [3.8, 4) is 0 Å². The number of carbonyl (C=O) groups is 2. The Hall–Kier alpha value is -1.10. The van der Waals surface area contributed by atoms with Crippen LogP contribution in [0.3, 0.4) is 0 Å². The maximum absolute atomic E-state index is 12.0. The maximum atomic E-state index is 12.0. The van der Waals surface area contributed by atoms with Crippen LogP contribution in [0, 0.1) is 0 Å². The summed E-state index contributed by atoms with van der Waals surface area (Å²) in [5.74, 6) is -0.0616. The number of amides is 1. The monoisotopic (exact) mass is 296 g/mol. The van der Waals surface area contributed by atoms with Gasteiger partial charge in [-0.3, -0.25) is 14.5 Å². The largest absolute Gasteiger partial charge is 0.465 e. The van der Waals surface area contributed by atoms with E-state index in [9.17, 15) is 9.59 Å². The third-order valence-corrected chi connectivity index (χ3v) is 4.30. The summed E-state index contributed by atoms with van der Waals surface area (Å²) in [5, 5.41) is 3.13. The zero-order valence-electron chi connectivity index (χ0n) is 13.1. The van der Waals surface area contributed by atoms with E-state index in [2.05, 4.69) is 10.2 Å². The summed E-state index contributed by atoms with van der Waals surface area (Å²) in [5.41, 5.74) is 0. The molecule has 0 unspecified atom stereocenters. The van der Waals surface area contributed by atoms with Crippen LogP contribution in [0.15, 0.2) is 0 Å². The maximum Gasteiger partial charge on any atom is 0.320 e. The minimum Gasteiger partial charge on any atom is -0.465 e. The van der Waals surface area contributed by atoms with E-state index >= 15 is 0 Å². The van der Waals surface area contributed by atoms with Crippen molar-refractivity contribution in [3.63, 3.8) is 0 Å². The van der Waals surface area contributed by atoms with Crippen LogP contribution in [0.1, 0.15) is 58.3 Å². The van der Waals surface area contributed by atoms with Crippen LogP contribution in [0.4, 0.5) is 0 Å². The molecule has 1 amide bonds. The zero-order valence-corrected chi connectivity index (χ0v) is 13.1. The number of ether oxygens (including phenoxy) is 1. The molecule has 5 heteroatoms. The smallest absolute Gasteiger partial charge is 0.320 e. The van der Waals surface area contributed by atoms with Crippen molar-refractivity contribution in [3.05, 3.63) is 0 Å². The summed E-state index contributed by atoms with van der Waals surface area (Å²) < 4.78 is 5.00. The second-order valence-electron chi connectivity index (χ2n) is 6.16. The van der Waals surface area contributed by atoms with Crippen LogP contribution in [-0.4, -0.2) is 48.6 Å². The Labute approximate surface area is 127 Å². The van der Waals surface area contributed by atoms with Crippen molar-refractivity contribution in [1.29, 1.82) is 0 Å². The Balaban J connectivity index is 1.68. The van der Waals surface area contributed by atoms with Gasteiger partial charge in [-0.1, -0.05) is 19.3 Å². The summed E-state index contributed by atoms with van der Waals surface area (Å²) in [4.78, 5) is 25.7. The van der Waals surface area contributed by atoms with Gasteiger partial charge in [-0.15, -0.1) is 0 Å². The first-order valence-electron chi connectivity index (χ1n) is 8.38. The highest BCUT2D eigenvalue weighted by atomic mass is 16.5. The van der Waals surface area contributed by atoms with Gasteiger partial charge in [0.2, 0.25) is 5.91 Å². The van der Waals surface area contributed by atoms with E-state index in [4.69, 9.17) is 4.74 Å². The fraction of sp³-hybridized carbons (Fsp3) is 0.875. The molecule has 0 spiro atoms. The van der Waals surface area contributed by atoms with E-state index in [-0.39, 0.29) is 11.9 Å². The van der Waals surface area contributed by atoms with Crippen LogP contribution >= 0.6 is 0 Å². The molecule has 0 radical (unpaired) electrons. The van der Waals surface area contributed by atoms with Crippen LogP contribution in [0.25, 0.3) is 0 Å². The molecule has 0 bridgehead atoms. The van der Waals surface area contributed by atoms with Gasteiger partial charge in [-0.25, -0.2) is 0 Å². The predicted octanol–water partition coefficient (Wildman–Crippen LogP) is 1.85. The van der Waals surface area contributed by atoms with E-state index < -0.39 is 0 Å². The second-order valence-corrected chi connectivity index (χ2v) is 6.16. The molecule has 2 saturated carbocycles. The molecule has 0 heterocycles. The van der Waals surface area contributed by atoms with E-state index in [1.165, 1.54) is 19.3 Å². The number of rotatable bonds is 8. The van der Waals surface area contributed by atoms with E-state index in [1.54, 1.807) is 0 Å². The summed E-state index contributed by atoms with van der Waals surface area (Å²) in [6, 6.07) is 0.836. The molecule has 2 aliphatic rings. The second kappa shape index (κ2) is 8.37. The number of hydrogen-bond acceptors (Lipinski definition) is 4. The molecule has 21 heavy (non-hydrogen) atoms. The molecule has 0 aliphatic heterocycles. The Kier molecular flexibility index (Phi) is 6.49. The SMILES string of the molecule is CCOC(=O)CN(CCC(=O)NC1CCCCC1)C1CC1. The van der Waals surface area contributed by atoms with Crippen molar-refractivity contribution in [2.45, 2.75) is 70.4 Å². The molecule has 0 atom stereocenters. The topological polar surface area (TPSA) is 58.6 Å². The number of esters is 1. The van der Waals surface area contributed by atoms with Crippen LogP contribution in [-0.2, 0) is 14.3 Å². The van der Waals surface area contributed by atoms with Gasteiger partial charge >= 0.3 is 5.97 Å². The van der Waals surface area contributed by atoms with Gasteiger partial charge in [0.1, 0.15) is 0 Å². The molecule has 0 aromatic rings. The Bertz CT molecular complexity index is 349. The molecule has 5 nitrogen and oxygen atoms in total. The Morgan fingerprint density at radius 2 is 1.86 bits per heavy atom. The van der Waals surface area contributed by atoms with Gasteiger partial charge in [0.15, 0.2) is 0 Å². The lowest BCUT2D eigenvalue weighted by Gasteiger charge is -2.24. The molecule has 0 saturated heterocycles. The first-order valence-corrected chi connectivity index (χ1v) is 8.38. The first-order chi connectivity index (χ1) is 10.2. The van der Waals surface area contributed by atoms with Crippen molar-refractivity contribution >= 4 is 11.9 Å². The van der Waals surface area contributed by atoms with Crippen LogP contribution in [0.5, 0.6) is 0 Å². The molecule has 2 rings (SSSR count). The predicted molar refractivity (Wildman–Crippen MR) is 80.9 cm³/mol. The van der Waals surface area contributed by atoms with Crippen molar-refractivity contribution in [2.24, 2.45) is 0 Å². The first kappa shape index (κ1) is 16.3. The van der Waals surface area contributed by atoms with Gasteiger partial charge in [0, 0.05) is 25.0 Å². The summed E-state index contributed by atoms with van der Waals surface area (Å²) in [6.45, 7) is 3.20. The fourth-order valence-electron chi connectivity index (χ4n) is 2.99. The molecular weight excluding hydrogens is 268 g/mol. The number of nitrogens with zero attached hydrogens (tertiary/aromatic N) is 1. The van der Waals surface area contributed by atoms with Gasteiger partial charge in [0.05, 0.1) is 13.2 Å². The molecule has 0 aromatic heterocycles. The molecule has 1 N–H and O–H groups in total. The van der Waals surface area contributed by atoms with Gasteiger partial charge in [0.25, 0.3) is 0 Å². The van der Waals surface area contributed by atoms with E-state index in [1.807, 2.05) is 6.92 Å². The Morgan fingerprint density at radius 3 is 2.48 bits per heavy atom. The van der Waals surface area contributed by atoms with Crippen LogP contribution < -0.4 is 5.32 Å². The Morgan fingerprint density at radius 1 is 1.14 bits per heavy atom. The molecule has 2 aliphatic carbocycles. The lowest BCUT2D eigenvalue weighted by molar-refractivity contribution is -0.144. The minimum absolute atomic E-state index is 0.122. The van der Waals surface area contributed by atoms with Gasteiger partial charge < -0.3 is 10.1 Å². The van der Waals surface area contributed by atoms with Crippen LogP contribution in [0.2, 0.25) is 0 Å². The highest BCUT2D eigenvalue weighted by molar-refractivity contribution is 5.76. The van der Waals surface area contributed by atoms with Gasteiger partial charge in [-0.2, -0.15) is 0 Å². The number of hydrogen-bond donors (Lipinski definition) is 1. The lowest BCUT2D eigenvalue weighted by atomic mass is 9.95. The molecular formula is C16H28N2O3.